The van der Waals surface area contributed by atoms with E-state index in [0.29, 0.717) is 18.7 Å². The first-order valence-corrected chi connectivity index (χ1v) is 7.36. The molecule has 2 aromatic heterocycles. The Bertz CT molecular complexity index is 890. The minimum atomic E-state index is -0.657. The van der Waals surface area contributed by atoms with Crippen LogP contribution in [-0.2, 0) is 6.42 Å². The molecule has 0 saturated carbocycles. The van der Waals surface area contributed by atoms with E-state index in [1.54, 1.807) is 18.2 Å². The summed E-state index contributed by atoms with van der Waals surface area (Å²) in [6.07, 6.45) is 2.19. The van der Waals surface area contributed by atoms with E-state index in [4.69, 9.17) is 4.74 Å². The van der Waals surface area contributed by atoms with E-state index in [0.717, 1.165) is 11.3 Å². The minimum Gasteiger partial charge on any atom is -0.491 e. The monoisotopic (exact) mass is 311 g/mol. The largest absolute Gasteiger partial charge is 0.491 e. The number of fused-ring (bicyclic) bond motifs is 2. The third kappa shape index (κ3) is 2.42. The van der Waals surface area contributed by atoms with Crippen LogP contribution in [-0.4, -0.2) is 27.9 Å². The van der Waals surface area contributed by atoms with E-state index in [1.807, 2.05) is 24.3 Å². The first-order valence-electron chi connectivity index (χ1n) is 7.36. The molecular weight excluding hydrogens is 297 g/mol. The Kier molecular flexibility index (Phi) is 3.22. The third-order valence-electron chi connectivity index (χ3n) is 3.90. The molecule has 3 heterocycles. The molecule has 1 amide bonds. The number of nitrogens with zero attached hydrogens (tertiary/aromatic N) is 2. The Hall–Kier alpha value is -2.89. The molecule has 0 radical (unpaired) electrons. The van der Waals surface area contributed by atoms with Crippen LogP contribution in [0.1, 0.15) is 16.1 Å². The molecule has 0 spiro atoms. The van der Waals surface area contributed by atoms with Gasteiger partial charge in [-0.3, -0.25) is 9.20 Å². The number of nitrogens with one attached hydrogen (secondary N) is 1. The van der Waals surface area contributed by atoms with Crippen molar-refractivity contribution in [3.05, 3.63) is 65.9 Å². The molecular formula is C17H14FN3O2. The number of imidazole rings is 1. The zero-order valence-electron chi connectivity index (χ0n) is 12.2. The zero-order valence-corrected chi connectivity index (χ0v) is 12.2. The van der Waals surface area contributed by atoms with Crippen molar-refractivity contribution in [2.45, 2.75) is 12.5 Å². The zero-order chi connectivity index (χ0) is 15.8. The highest BCUT2D eigenvalue weighted by atomic mass is 19.1. The van der Waals surface area contributed by atoms with Gasteiger partial charge in [-0.25, -0.2) is 4.98 Å². The molecule has 1 atom stereocenters. The maximum Gasteiger partial charge on any atom is 0.275 e. The van der Waals surface area contributed by atoms with E-state index in [-0.39, 0.29) is 11.7 Å². The lowest BCUT2D eigenvalue weighted by molar-refractivity contribution is 0.0906. The summed E-state index contributed by atoms with van der Waals surface area (Å²) in [6.45, 7) is 0.359. The van der Waals surface area contributed by atoms with Crippen LogP contribution in [0.4, 0.5) is 4.39 Å². The van der Waals surface area contributed by atoms with Crippen molar-refractivity contribution in [3.63, 3.8) is 0 Å². The summed E-state index contributed by atoms with van der Waals surface area (Å²) < 4.78 is 21.2. The summed E-state index contributed by atoms with van der Waals surface area (Å²) in [6, 6.07) is 12.6. The van der Waals surface area contributed by atoms with Gasteiger partial charge in [0.25, 0.3) is 5.91 Å². The Balaban J connectivity index is 1.55. The van der Waals surface area contributed by atoms with Crippen LogP contribution in [0, 0.1) is 5.95 Å². The quantitative estimate of drug-likeness (QED) is 0.789. The van der Waals surface area contributed by atoms with Crippen molar-refractivity contribution in [2.24, 2.45) is 0 Å². The number of hydrogen-bond donors (Lipinski definition) is 1. The molecule has 0 saturated heterocycles. The van der Waals surface area contributed by atoms with Gasteiger partial charge < -0.3 is 10.1 Å². The average Bonchev–Trinajstić information content (AvgIpc) is 2.92. The predicted octanol–water partition coefficient (Wildman–Crippen LogP) is 2.21. The summed E-state index contributed by atoms with van der Waals surface area (Å²) >= 11 is 0. The highest BCUT2D eigenvalue weighted by Crippen LogP contribution is 2.24. The molecule has 0 bridgehead atoms. The first-order chi connectivity index (χ1) is 11.2. The molecule has 0 fully saturated rings. The number of carbonyl (C=O) groups excluding carboxylic acids is 1. The summed E-state index contributed by atoms with van der Waals surface area (Å²) in [7, 11) is 0. The second-order valence-corrected chi connectivity index (χ2v) is 5.47. The Morgan fingerprint density at radius 3 is 2.96 bits per heavy atom. The second-order valence-electron chi connectivity index (χ2n) is 5.47. The predicted molar refractivity (Wildman–Crippen MR) is 82.0 cm³/mol. The Morgan fingerprint density at radius 1 is 1.26 bits per heavy atom. The van der Waals surface area contributed by atoms with Crippen molar-refractivity contribution in [1.82, 2.24) is 14.7 Å². The number of ether oxygens (including phenoxy) is 1. The Labute approximate surface area is 131 Å². The number of aromatic nitrogens is 2. The normalized spacial score (nSPS) is 16.7. The van der Waals surface area contributed by atoms with Gasteiger partial charge in [0.2, 0.25) is 5.95 Å². The van der Waals surface area contributed by atoms with Gasteiger partial charge in [0, 0.05) is 6.20 Å². The molecule has 1 aromatic carbocycles. The van der Waals surface area contributed by atoms with Crippen LogP contribution in [0.15, 0.2) is 48.7 Å². The van der Waals surface area contributed by atoms with Gasteiger partial charge in [-0.2, -0.15) is 4.39 Å². The van der Waals surface area contributed by atoms with E-state index in [1.165, 1.54) is 10.6 Å². The molecule has 23 heavy (non-hydrogen) atoms. The first kappa shape index (κ1) is 13.8. The van der Waals surface area contributed by atoms with Gasteiger partial charge in [0.15, 0.2) is 5.69 Å². The van der Waals surface area contributed by atoms with Crippen molar-refractivity contribution in [3.8, 4) is 5.75 Å². The molecule has 116 valence electrons. The number of rotatable bonds is 2. The lowest BCUT2D eigenvalue weighted by Gasteiger charge is -2.25. The van der Waals surface area contributed by atoms with Crippen molar-refractivity contribution >= 4 is 11.6 Å². The number of para-hydroxylation sites is 1. The fraction of sp³-hybridized carbons (Fsp3) is 0.176. The fourth-order valence-corrected chi connectivity index (χ4v) is 2.78. The number of benzene rings is 1. The van der Waals surface area contributed by atoms with E-state index in [9.17, 15) is 9.18 Å². The van der Waals surface area contributed by atoms with Gasteiger partial charge in [-0.1, -0.05) is 24.3 Å². The molecule has 6 heteroatoms. The van der Waals surface area contributed by atoms with Crippen molar-refractivity contribution in [1.29, 1.82) is 0 Å². The summed E-state index contributed by atoms with van der Waals surface area (Å²) in [5.41, 5.74) is 1.23. The second kappa shape index (κ2) is 5.39. The average molecular weight is 311 g/mol. The van der Waals surface area contributed by atoms with Gasteiger partial charge in [-0.15, -0.1) is 0 Å². The Morgan fingerprint density at radius 2 is 2.09 bits per heavy atom. The van der Waals surface area contributed by atoms with Crippen LogP contribution in [0.5, 0.6) is 5.75 Å². The smallest absolute Gasteiger partial charge is 0.275 e. The van der Waals surface area contributed by atoms with E-state index < -0.39 is 11.9 Å². The molecule has 4 rings (SSSR count). The van der Waals surface area contributed by atoms with E-state index >= 15 is 0 Å². The van der Waals surface area contributed by atoms with Crippen molar-refractivity contribution < 1.29 is 13.9 Å². The van der Waals surface area contributed by atoms with Crippen LogP contribution >= 0.6 is 0 Å². The van der Waals surface area contributed by atoms with Gasteiger partial charge in [0.05, 0.1) is 6.04 Å². The van der Waals surface area contributed by atoms with Crippen LogP contribution in [0.2, 0.25) is 0 Å². The molecule has 5 nitrogen and oxygen atoms in total. The lowest BCUT2D eigenvalue weighted by Crippen LogP contribution is -2.43. The summed E-state index contributed by atoms with van der Waals surface area (Å²) in [4.78, 5) is 16.4. The summed E-state index contributed by atoms with van der Waals surface area (Å²) in [5.74, 6) is -0.355. The molecule has 1 N–H and O–H groups in total. The lowest BCUT2D eigenvalue weighted by atomic mass is 10.0. The number of pyridine rings is 1. The van der Waals surface area contributed by atoms with Crippen LogP contribution in [0.3, 0.4) is 0 Å². The third-order valence-corrected chi connectivity index (χ3v) is 3.90. The van der Waals surface area contributed by atoms with Crippen molar-refractivity contribution in [2.75, 3.05) is 6.61 Å². The highest BCUT2D eigenvalue weighted by Gasteiger charge is 2.25. The molecule has 3 aromatic rings. The fourth-order valence-electron chi connectivity index (χ4n) is 2.78. The van der Waals surface area contributed by atoms with Crippen LogP contribution < -0.4 is 10.1 Å². The SMILES string of the molecule is O=C(N[C@H]1COc2ccccc2C1)c1nc2ccccn2c1F. The number of carbonyl (C=O) groups is 1. The number of halogens is 1. The topological polar surface area (TPSA) is 55.6 Å². The maximum absolute atomic E-state index is 14.3. The maximum atomic E-state index is 14.3. The van der Waals surface area contributed by atoms with Crippen LogP contribution in [0.25, 0.3) is 5.65 Å². The molecule has 0 unspecified atom stereocenters. The van der Waals surface area contributed by atoms with Gasteiger partial charge in [-0.05, 0) is 30.2 Å². The molecule has 0 aliphatic carbocycles. The van der Waals surface area contributed by atoms with Gasteiger partial charge >= 0.3 is 0 Å². The standard InChI is InChI=1S/C17H14FN3O2/c18-16-15(20-14-7-3-4-8-21(14)16)17(22)19-12-9-11-5-1-2-6-13(11)23-10-12/h1-8,12H,9-10H2,(H,19,22)/t12-/m1/s1. The molecule has 1 aliphatic rings. The minimum absolute atomic E-state index is 0.199. The molecule has 1 aliphatic heterocycles. The highest BCUT2D eigenvalue weighted by molar-refractivity contribution is 5.93. The number of amides is 1. The number of hydrogen-bond acceptors (Lipinski definition) is 3. The summed E-state index contributed by atoms with van der Waals surface area (Å²) in [5, 5.41) is 2.80. The van der Waals surface area contributed by atoms with E-state index in [2.05, 4.69) is 10.3 Å². The van der Waals surface area contributed by atoms with Gasteiger partial charge in [0.1, 0.15) is 18.0 Å².